The molecule has 2 aromatic carbocycles. The maximum absolute atomic E-state index is 7.20. The van der Waals surface area contributed by atoms with E-state index < -0.39 is 0 Å². The summed E-state index contributed by atoms with van der Waals surface area (Å²) in [5, 5.41) is 7.20. The summed E-state index contributed by atoms with van der Waals surface area (Å²) in [6.45, 7) is 0. The van der Waals surface area contributed by atoms with Crippen LogP contribution >= 0.6 is 0 Å². The van der Waals surface area contributed by atoms with Crippen molar-refractivity contribution in [1.29, 1.82) is 5.41 Å². The standard InChI is InChI=1S/C16H17N/c17-13-7-12-16(14-8-3-1-4-9-14)15-10-5-2-6-11-15/h1-6,8-11,13,16-17H,7,12H2. The highest BCUT2D eigenvalue weighted by molar-refractivity contribution is 5.53. The summed E-state index contributed by atoms with van der Waals surface area (Å²) < 4.78 is 0. The van der Waals surface area contributed by atoms with E-state index in [9.17, 15) is 0 Å². The number of nitrogens with one attached hydrogen (secondary N) is 1. The van der Waals surface area contributed by atoms with Gasteiger partial charge in [0.25, 0.3) is 0 Å². The van der Waals surface area contributed by atoms with Crippen molar-refractivity contribution in [2.45, 2.75) is 18.8 Å². The quantitative estimate of drug-likeness (QED) is 0.733. The molecule has 0 fully saturated rings. The van der Waals surface area contributed by atoms with E-state index in [1.165, 1.54) is 17.3 Å². The lowest BCUT2D eigenvalue weighted by Gasteiger charge is -2.17. The molecule has 86 valence electrons. The highest BCUT2D eigenvalue weighted by atomic mass is 14.3. The van der Waals surface area contributed by atoms with E-state index in [2.05, 4.69) is 48.5 Å². The van der Waals surface area contributed by atoms with Gasteiger partial charge in [-0.05, 0) is 30.2 Å². The summed E-state index contributed by atoms with van der Waals surface area (Å²) in [6.07, 6.45) is 3.32. The van der Waals surface area contributed by atoms with E-state index >= 15 is 0 Å². The number of hydrogen-bond acceptors (Lipinski definition) is 1. The second kappa shape index (κ2) is 6.00. The van der Waals surface area contributed by atoms with Crippen LogP contribution in [0.1, 0.15) is 29.9 Å². The van der Waals surface area contributed by atoms with Gasteiger partial charge < -0.3 is 5.41 Å². The van der Waals surface area contributed by atoms with Crippen LogP contribution in [0.4, 0.5) is 0 Å². The zero-order valence-electron chi connectivity index (χ0n) is 9.84. The van der Waals surface area contributed by atoms with E-state index in [1.807, 2.05) is 12.1 Å². The van der Waals surface area contributed by atoms with E-state index in [1.54, 1.807) is 0 Å². The highest BCUT2D eigenvalue weighted by Gasteiger charge is 2.12. The van der Waals surface area contributed by atoms with Gasteiger partial charge in [0, 0.05) is 5.92 Å². The molecule has 0 atom stereocenters. The van der Waals surface area contributed by atoms with Crippen molar-refractivity contribution in [3.05, 3.63) is 71.8 Å². The predicted molar refractivity (Wildman–Crippen MR) is 72.7 cm³/mol. The third-order valence-corrected chi connectivity index (χ3v) is 3.00. The van der Waals surface area contributed by atoms with Crippen molar-refractivity contribution >= 4 is 6.21 Å². The zero-order chi connectivity index (χ0) is 11.9. The molecule has 0 amide bonds. The molecule has 1 nitrogen and oxygen atoms in total. The molecule has 0 heterocycles. The van der Waals surface area contributed by atoms with Crippen molar-refractivity contribution in [2.24, 2.45) is 0 Å². The first-order chi connectivity index (χ1) is 8.42. The first-order valence-corrected chi connectivity index (χ1v) is 6.00. The molecule has 0 radical (unpaired) electrons. The lowest BCUT2D eigenvalue weighted by Crippen LogP contribution is -2.01. The Hall–Kier alpha value is -1.89. The summed E-state index contributed by atoms with van der Waals surface area (Å²) in [5.74, 6) is 0.402. The summed E-state index contributed by atoms with van der Waals surface area (Å²) in [6, 6.07) is 21.1. The Morgan fingerprint density at radius 2 is 1.29 bits per heavy atom. The van der Waals surface area contributed by atoms with Crippen LogP contribution in [0.2, 0.25) is 0 Å². The molecular weight excluding hydrogens is 206 g/mol. The summed E-state index contributed by atoms with van der Waals surface area (Å²) in [7, 11) is 0. The van der Waals surface area contributed by atoms with Crippen LogP contribution in [-0.4, -0.2) is 6.21 Å². The SMILES string of the molecule is N=CCCC(c1ccccc1)c1ccccc1. The second-order valence-electron chi connectivity index (χ2n) is 4.16. The Bertz CT molecular complexity index is 408. The van der Waals surface area contributed by atoms with E-state index in [0.717, 1.165) is 12.8 Å². The Labute approximate surface area is 103 Å². The molecule has 0 aliphatic carbocycles. The van der Waals surface area contributed by atoms with Crippen LogP contribution in [0.15, 0.2) is 60.7 Å². The molecular formula is C16H17N. The molecule has 0 aliphatic heterocycles. The molecule has 2 rings (SSSR count). The van der Waals surface area contributed by atoms with Gasteiger partial charge in [-0.15, -0.1) is 0 Å². The minimum Gasteiger partial charge on any atom is -0.313 e. The third kappa shape index (κ3) is 3.04. The first kappa shape index (κ1) is 11.6. The molecule has 0 bridgehead atoms. The van der Waals surface area contributed by atoms with Crippen molar-refractivity contribution in [1.82, 2.24) is 0 Å². The topological polar surface area (TPSA) is 23.9 Å². The first-order valence-electron chi connectivity index (χ1n) is 6.00. The molecule has 0 saturated carbocycles. The Morgan fingerprint density at radius 1 is 0.824 bits per heavy atom. The van der Waals surface area contributed by atoms with Crippen LogP contribution in [0.5, 0.6) is 0 Å². The van der Waals surface area contributed by atoms with Crippen LogP contribution in [0, 0.1) is 5.41 Å². The molecule has 0 unspecified atom stereocenters. The maximum atomic E-state index is 7.20. The van der Waals surface area contributed by atoms with Crippen molar-refractivity contribution in [3.63, 3.8) is 0 Å². The molecule has 1 heteroatoms. The van der Waals surface area contributed by atoms with Gasteiger partial charge in [-0.25, -0.2) is 0 Å². The van der Waals surface area contributed by atoms with Gasteiger partial charge in [0.2, 0.25) is 0 Å². The fraction of sp³-hybridized carbons (Fsp3) is 0.188. The molecule has 0 aromatic heterocycles. The van der Waals surface area contributed by atoms with Gasteiger partial charge in [-0.2, -0.15) is 0 Å². The Morgan fingerprint density at radius 3 is 1.71 bits per heavy atom. The van der Waals surface area contributed by atoms with E-state index in [-0.39, 0.29) is 0 Å². The van der Waals surface area contributed by atoms with Crippen molar-refractivity contribution in [2.75, 3.05) is 0 Å². The minimum absolute atomic E-state index is 0.402. The molecule has 1 N–H and O–H groups in total. The monoisotopic (exact) mass is 223 g/mol. The van der Waals surface area contributed by atoms with E-state index in [0.29, 0.717) is 5.92 Å². The number of rotatable bonds is 5. The highest BCUT2D eigenvalue weighted by Crippen LogP contribution is 2.28. The summed E-state index contributed by atoms with van der Waals surface area (Å²) >= 11 is 0. The normalized spacial score (nSPS) is 10.4. The molecule has 2 aromatic rings. The number of benzene rings is 2. The second-order valence-corrected chi connectivity index (χ2v) is 4.16. The van der Waals surface area contributed by atoms with Crippen LogP contribution in [-0.2, 0) is 0 Å². The Kier molecular flexibility index (Phi) is 4.09. The van der Waals surface area contributed by atoms with Gasteiger partial charge in [-0.1, -0.05) is 60.7 Å². The molecule has 17 heavy (non-hydrogen) atoms. The van der Waals surface area contributed by atoms with Crippen LogP contribution < -0.4 is 0 Å². The lowest BCUT2D eigenvalue weighted by molar-refractivity contribution is 0.746. The maximum Gasteiger partial charge on any atom is 0.00928 e. The fourth-order valence-electron chi connectivity index (χ4n) is 2.15. The van der Waals surface area contributed by atoms with Gasteiger partial charge in [0.15, 0.2) is 0 Å². The largest absolute Gasteiger partial charge is 0.313 e. The lowest BCUT2D eigenvalue weighted by atomic mass is 9.88. The van der Waals surface area contributed by atoms with E-state index in [4.69, 9.17) is 5.41 Å². The molecule has 0 spiro atoms. The van der Waals surface area contributed by atoms with Crippen molar-refractivity contribution < 1.29 is 0 Å². The fourth-order valence-corrected chi connectivity index (χ4v) is 2.15. The van der Waals surface area contributed by atoms with Crippen LogP contribution in [0.3, 0.4) is 0 Å². The summed E-state index contributed by atoms with van der Waals surface area (Å²) in [4.78, 5) is 0. The summed E-state index contributed by atoms with van der Waals surface area (Å²) in [5.41, 5.74) is 2.67. The van der Waals surface area contributed by atoms with Gasteiger partial charge in [0.1, 0.15) is 0 Å². The van der Waals surface area contributed by atoms with Gasteiger partial charge >= 0.3 is 0 Å². The van der Waals surface area contributed by atoms with Crippen LogP contribution in [0.25, 0.3) is 0 Å². The molecule has 0 saturated heterocycles. The predicted octanol–water partition coefficient (Wildman–Crippen LogP) is 4.25. The van der Waals surface area contributed by atoms with Gasteiger partial charge in [-0.3, -0.25) is 0 Å². The Balaban J connectivity index is 2.29. The zero-order valence-corrected chi connectivity index (χ0v) is 9.84. The van der Waals surface area contributed by atoms with Crippen molar-refractivity contribution in [3.8, 4) is 0 Å². The molecule has 0 aliphatic rings. The third-order valence-electron chi connectivity index (χ3n) is 3.00. The number of hydrogen-bond donors (Lipinski definition) is 1. The smallest absolute Gasteiger partial charge is 0.00928 e. The minimum atomic E-state index is 0.402. The average molecular weight is 223 g/mol. The van der Waals surface area contributed by atoms with Gasteiger partial charge in [0.05, 0.1) is 0 Å². The average Bonchev–Trinajstić information content (AvgIpc) is 2.42.